The monoisotopic (exact) mass is 257 g/mol. The third-order valence-electron chi connectivity index (χ3n) is 3.00. The van der Waals surface area contributed by atoms with E-state index >= 15 is 0 Å². The number of nitrogens with two attached hydrogens (primary N) is 1. The van der Waals surface area contributed by atoms with E-state index in [4.69, 9.17) is 10.5 Å². The van der Waals surface area contributed by atoms with Crippen molar-refractivity contribution in [3.8, 4) is 0 Å². The van der Waals surface area contributed by atoms with Crippen LogP contribution < -0.4 is 5.73 Å². The number of esters is 1. The fourth-order valence-electron chi connectivity index (χ4n) is 2.11. The summed E-state index contributed by atoms with van der Waals surface area (Å²) >= 11 is 0. The normalized spacial score (nSPS) is 19.1. The standard InChI is InChI=1S/C13H23NO4/c1-13(2,3)18-12(16)17-11(15)10(14)9-7-5-4-6-8-9/h9-10H,4-8,14H2,1-3H3. The smallest absolute Gasteiger partial charge is 0.428 e. The van der Waals surface area contributed by atoms with Gasteiger partial charge >= 0.3 is 12.1 Å². The lowest BCUT2D eigenvalue weighted by atomic mass is 9.84. The van der Waals surface area contributed by atoms with Crippen LogP contribution in [0.5, 0.6) is 0 Å². The van der Waals surface area contributed by atoms with Crippen molar-refractivity contribution in [1.82, 2.24) is 0 Å². The van der Waals surface area contributed by atoms with Crippen LogP contribution in [0.1, 0.15) is 52.9 Å². The Labute approximate surface area is 108 Å². The van der Waals surface area contributed by atoms with Crippen molar-refractivity contribution in [2.75, 3.05) is 0 Å². The Balaban J connectivity index is 2.41. The van der Waals surface area contributed by atoms with Crippen molar-refractivity contribution in [3.05, 3.63) is 0 Å². The van der Waals surface area contributed by atoms with Gasteiger partial charge in [0.05, 0.1) is 0 Å². The molecule has 0 radical (unpaired) electrons. The lowest BCUT2D eigenvalue weighted by Crippen LogP contribution is -2.41. The van der Waals surface area contributed by atoms with Crippen molar-refractivity contribution < 1.29 is 19.1 Å². The Morgan fingerprint density at radius 1 is 1.17 bits per heavy atom. The van der Waals surface area contributed by atoms with Gasteiger partial charge in [0.25, 0.3) is 0 Å². The van der Waals surface area contributed by atoms with Gasteiger partial charge in [-0.3, -0.25) is 0 Å². The van der Waals surface area contributed by atoms with Crippen LogP contribution in [0.15, 0.2) is 0 Å². The van der Waals surface area contributed by atoms with Crippen LogP contribution in [-0.4, -0.2) is 23.8 Å². The minimum Gasteiger partial charge on any atom is -0.428 e. The topological polar surface area (TPSA) is 78.6 Å². The van der Waals surface area contributed by atoms with E-state index in [9.17, 15) is 9.59 Å². The van der Waals surface area contributed by atoms with Gasteiger partial charge in [0.1, 0.15) is 11.6 Å². The Kier molecular flexibility index (Phi) is 5.14. The van der Waals surface area contributed by atoms with Gasteiger partial charge in [0, 0.05) is 0 Å². The fourth-order valence-corrected chi connectivity index (χ4v) is 2.11. The van der Waals surface area contributed by atoms with E-state index in [1.807, 2.05) is 0 Å². The Hall–Kier alpha value is -1.10. The lowest BCUT2D eigenvalue weighted by molar-refractivity contribution is -0.144. The molecule has 0 aromatic rings. The maximum Gasteiger partial charge on any atom is 0.516 e. The molecule has 0 aliphatic heterocycles. The summed E-state index contributed by atoms with van der Waals surface area (Å²) < 4.78 is 9.52. The van der Waals surface area contributed by atoms with Gasteiger partial charge in [0.15, 0.2) is 0 Å². The van der Waals surface area contributed by atoms with E-state index < -0.39 is 23.8 Å². The molecule has 1 atom stereocenters. The molecule has 0 aromatic heterocycles. The highest BCUT2D eigenvalue weighted by Gasteiger charge is 2.30. The van der Waals surface area contributed by atoms with E-state index in [2.05, 4.69) is 4.74 Å². The van der Waals surface area contributed by atoms with Crippen LogP contribution in [-0.2, 0) is 14.3 Å². The molecular formula is C13H23NO4. The van der Waals surface area contributed by atoms with Gasteiger partial charge in [-0.15, -0.1) is 0 Å². The first-order valence-electron chi connectivity index (χ1n) is 6.50. The summed E-state index contributed by atoms with van der Waals surface area (Å²) in [4.78, 5) is 23.0. The predicted molar refractivity (Wildman–Crippen MR) is 66.9 cm³/mol. The average Bonchev–Trinajstić information content (AvgIpc) is 2.26. The molecule has 2 N–H and O–H groups in total. The maximum atomic E-state index is 11.7. The van der Waals surface area contributed by atoms with E-state index in [0.29, 0.717) is 0 Å². The summed E-state index contributed by atoms with van der Waals surface area (Å²) in [6, 6.07) is -0.724. The zero-order valence-corrected chi connectivity index (χ0v) is 11.4. The number of ether oxygens (including phenoxy) is 2. The molecular weight excluding hydrogens is 234 g/mol. The Morgan fingerprint density at radius 3 is 2.22 bits per heavy atom. The quantitative estimate of drug-likeness (QED) is 0.607. The third-order valence-corrected chi connectivity index (χ3v) is 3.00. The van der Waals surface area contributed by atoms with Crippen molar-refractivity contribution in [3.63, 3.8) is 0 Å². The molecule has 1 fully saturated rings. The van der Waals surface area contributed by atoms with Gasteiger partial charge in [-0.05, 0) is 39.5 Å². The van der Waals surface area contributed by atoms with Crippen LogP contribution in [0.3, 0.4) is 0 Å². The van der Waals surface area contributed by atoms with Gasteiger partial charge in [0.2, 0.25) is 0 Å². The highest BCUT2D eigenvalue weighted by Crippen LogP contribution is 2.26. The minimum atomic E-state index is -0.973. The predicted octanol–water partition coefficient (Wildman–Crippen LogP) is 2.37. The molecule has 0 spiro atoms. The zero-order valence-electron chi connectivity index (χ0n) is 11.4. The second kappa shape index (κ2) is 6.18. The second-order valence-electron chi connectivity index (χ2n) is 5.81. The molecule has 1 aliphatic rings. The molecule has 5 nitrogen and oxygen atoms in total. The molecule has 5 heteroatoms. The van der Waals surface area contributed by atoms with Gasteiger partial charge in [-0.25, -0.2) is 9.59 Å². The van der Waals surface area contributed by atoms with Crippen LogP contribution >= 0.6 is 0 Å². The molecule has 0 saturated heterocycles. The molecule has 1 unspecified atom stereocenters. The van der Waals surface area contributed by atoms with Crippen LogP contribution in [0.2, 0.25) is 0 Å². The average molecular weight is 257 g/mol. The molecule has 0 bridgehead atoms. The van der Waals surface area contributed by atoms with E-state index in [1.54, 1.807) is 20.8 Å². The molecule has 1 rings (SSSR count). The first kappa shape index (κ1) is 15.0. The molecule has 1 saturated carbocycles. The first-order valence-corrected chi connectivity index (χ1v) is 6.50. The van der Waals surface area contributed by atoms with E-state index in [-0.39, 0.29) is 5.92 Å². The largest absolute Gasteiger partial charge is 0.516 e. The second-order valence-corrected chi connectivity index (χ2v) is 5.81. The Bertz CT molecular complexity index is 303. The molecule has 0 amide bonds. The molecule has 1 aliphatic carbocycles. The summed E-state index contributed by atoms with van der Waals surface area (Å²) in [5.74, 6) is -0.565. The highest BCUT2D eigenvalue weighted by atomic mass is 16.7. The lowest BCUT2D eigenvalue weighted by Gasteiger charge is -2.26. The summed E-state index contributed by atoms with van der Waals surface area (Å²) in [5, 5.41) is 0. The van der Waals surface area contributed by atoms with Gasteiger partial charge < -0.3 is 15.2 Å². The summed E-state index contributed by atoms with van der Waals surface area (Å²) in [6.45, 7) is 5.12. The number of hydrogen-bond donors (Lipinski definition) is 1. The molecule has 104 valence electrons. The van der Waals surface area contributed by atoms with Gasteiger partial charge in [-0.2, -0.15) is 0 Å². The fraction of sp³-hybridized carbons (Fsp3) is 0.846. The van der Waals surface area contributed by atoms with Crippen LogP contribution in [0.4, 0.5) is 4.79 Å². The number of rotatable bonds is 2. The van der Waals surface area contributed by atoms with Crippen LogP contribution in [0.25, 0.3) is 0 Å². The van der Waals surface area contributed by atoms with E-state index in [1.165, 1.54) is 6.42 Å². The SMILES string of the molecule is CC(C)(C)OC(=O)OC(=O)C(N)C1CCCCC1. The van der Waals surface area contributed by atoms with Gasteiger partial charge in [-0.1, -0.05) is 19.3 Å². The first-order chi connectivity index (χ1) is 8.29. The van der Waals surface area contributed by atoms with E-state index in [0.717, 1.165) is 25.7 Å². The number of carbonyl (C=O) groups excluding carboxylic acids is 2. The van der Waals surface area contributed by atoms with Crippen molar-refractivity contribution in [2.24, 2.45) is 11.7 Å². The minimum absolute atomic E-state index is 0.119. The summed E-state index contributed by atoms with van der Waals surface area (Å²) in [5.41, 5.74) is 5.15. The molecule has 0 aromatic carbocycles. The third kappa shape index (κ3) is 5.04. The summed E-state index contributed by atoms with van der Waals surface area (Å²) in [7, 11) is 0. The highest BCUT2D eigenvalue weighted by molar-refractivity contribution is 5.85. The van der Waals surface area contributed by atoms with Crippen molar-refractivity contribution in [1.29, 1.82) is 0 Å². The van der Waals surface area contributed by atoms with Crippen molar-refractivity contribution in [2.45, 2.75) is 64.5 Å². The molecule has 18 heavy (non-hydrogen) atoms. The number of carbonyl (C=O) groups is 2. The van der Waals surface area contributed by atoms with Crippen LogP contribution in [0, 0.1) is 5.92 Å². The van der Waals surface area contributed by atoms with Crippen molar-refractivity contribution >= 4 is 12.1 Å². The maximum absolute atomic E-state index is 11.7. The Morgan fingerprint density at radius 2 is 1.72 bits per heavy atom. The number of hydrogen-bond acceptors (Lipinski definition) is 5. The summed E-state index contributed by atoms with van der Waals surface area (Å²) in [6.07, 6.45) is 4.22. The molecule has 0 heterocycles. The zero-order chi connectivity index (χ0) is 13.8.